The summed E-state index contributed by atoms with van der Waals surface area (Å²) < 4.78 is 1.21. The van der Waals surface area contributed by atoms with Gasteiger partial charge < -0.3 is 10.2 Å². The predicted octanol–water partition coefficient (Wildman–Crippen LogP) is 2.83. The molecule has 0 aliphatic carbocycles. The third-order valence-electron chi connectivity index (χ3n) is 5.40. The Balaban J connectivity index is 1.32. The molecular formula is C18H23N3OS. The van der Waals surface area contributed by atoms with E-state index >= 15 is 0 Å². The summed E-state index contributed by atoms with van der Waals surface area (Å²) in [6, 6.07) is 8.18. The van der Waals surface area contributed by atoms with E-state index in [4.69, 9.17) is 0 Å². The minimum Gasteiger partial charge on any atom is -0.343 e. The molecule has 4 rings (SSSR count). The molecular weight excluding hydrogens is 306 g/mol. The molecule has 122 valence electrons. The number of carbonyl (C=O) groups excluding carboxylic acids is 1. The molecule has 1 amide bonds. The summed E-state index contributed by atoms with van der Waals surface area (Å²) in [6.07, 6.45) is 4.95. The van der Waals surface area contributed by atoms with Crippen LogP contribution in [-0.4, -0.2) is 42.0 Å². The van der Waals surface area contributed by atoms with Crippen LogP contribution in [0.1, 0.15) is 30.7 Å². The number of likely N-dealkylation sites (tertiary alicyclic amines) is 1. The zero-order valence-electron chi connectivity index (χ0n) is 13.4. The third kappa shape index (κ3) is 3.12. The van der Waals surface area contributed by atoms with Crippen molar-refractivity contribution in [2.45, 2.75) is 32.1 Å². The topological polar surface area (TPSA) is 45.2 Å². The van der Waals surface area contributed by atoms with Gasteiger partial charge in [-0.3, -0.25) is 4.79 Å². The number of carbonyl (C=O) groups is 1. The molecule has 2 aliphatic heterocycles. The fraction of sp³-hybridized carbons (Fsp3) is 0.556. The van der Waals surface area contributed by atoms with Gasteiger partial charge in [0.25, 0.3) is 0 Å². The maximum Gasteiger partial charge on any atom is 0.222 e. The molecule has 2 saturated heterocycles. The van der Waals surface area contributed by atoms with E-state index in [0.717, 1.165) is 56.0 Å². The number of aromatic nitrogens is 1. The Hall–Kier alpha value is -1.46. The highest BCUT2D eigenvalue weighted by atomic mass is 32.1. The molecule has 1 aromatic carbocycles. The fourth-order valence-corrected chi connectivity index (χ4v) is 4.82. The maximum atomic E-state index is 12.5. The van der Waals surface area contributed by atoms with E-state index in [2.05, 4.69) is 21.3 Å². The summed E-state index contributed by atoms with van der Waals surface area (Å²) in [5, 5.41) is 4.55. The van der Waals surface area contributed by atoms with Crippen molar-refractivity contribution < 1.29 is 4.79 Å². The van der Waals surface area contributed by atoms with Gasteiger partial charge in [0.15, 0.2) is 0 Å². The molecule has 3 heterocycles. The molecule has 2 fully saturated rings. The van der Waals surface area contributed by atoms with Crippen molar-refractivity contribution in [1.29, 1.82) is 0 Å². The van der Waals surface area contributed by atoms with Crippen LogP contribution in [0.3, 0.4) is 0 Å². The molecule has 23 heavy (non-hydrogen) atoms. The average molecular weight is 329 g/mol. The van der Waals surface area contributed by atoms with Gasteiger partial charge in [-0.15, -0.1) is 11.3 Å². The van der Waals surface area contributed by atoms with Crippen LogP contribution in [0.4, 0.5) is 0 Å². The molecule has 0 bridgehead atoms. The van der Waals surface area contributed by atoms with Crippen molar-refractivity contribution >= 4 is 27.5 Å². The Morgan fingerprint density at radius 3 is 2.83 bits per heavy atom. The molecule has 2 aliphatic rings. The molecule has 1 spiro atoms. The zero-order valence-corrected chi connectivity index (χ0v) is 14.2. The van der Waals surface area contributed by atoms with Crippen LogP contribution in [0.15, 0.2) is 24.3 Å². The van der Waals surface area contributed by atoms with Crippen molar-refractivity contribution in [3.05, 3.63) is 29.3 Å². The number of nitrogens with one attached hydrogen (secondary N) is 1. The molecule has 2 aromatic rings. The lowest BCUT2D eigenvalue weighted by atomic mass is 9.78. The smallest absolute Gasteiger partial charge is 0.222 e. The van der Waals surface area contributed by atoms with Crippen LogP contribution < -0.4 is 5.32 Å². The van der Waals surface area contributed by atoms with E-state index in [-0.39, 0.29) is 0 Å². The van der Waals surface area contributed by atoms with Crippen molar-refractivity contribution in [3.63, 3.8) is 0 Å². The fourth-order valence-electron chi connectivity index (χ4n) is 3.85. The van der Waals surface area contributed by atoms with Gasteiger partial charge in [0.1, 0.15) is 0 Å². The molecule has 0 unspecified atom stereocenters. The van der Waals surface area contributed by atoms with Gasteiger partial charge in [0, 0.05) is 32.5 Å². The number of rotatable bonds is 3. The predicted molar refractivity (Wildman–Crippen MR) is 93.7 cm³/mol. The first-order valence-corrected chi connectivity index (χ1v) is 9.39. The van der Waals surface area contributed by atoms with Gasteiger partial charge in [0.05, 0.1) is 15.2 Å². The molecule has 0 saturated carbocycles. The third-order valence-corrected chi connectivity index (χ3v) is 6.50. The van der Waals surface area contributed by atoms with Crippen LogP contribution in [-0.2, 0) is 11.2 Å². The number of thiazole rings is 1. The summed E-state index contributed by atoms with van der Waals surface area (Å²) in [6.45, 7) is 4.15. The van der Waals surface area contributed by atoms with Crippen LogP contribution >= 0.6 is 11.3 Å². The van der Waals surface area contributed by atoms with Crippen LogP contribution in [0.2, 0.25) is 0 Å². The van der Waals surface area contributed by atoms with Crippen molar-refractivity contribution in [3.8, 4) is 0 Å². The molecule has 0 radical (unpaired) electrons. The summed E-state index contributed by atoms with van der Waals surface area (Å²) in [5.74, 6) is 0.296. The monoisotopic (exact) mass is 329 g/mol. The number of nitrogens with zero attached hydrogens (tertiary/aromatic N) is 2. The molecule has 1 N–H and O–H groups in total. The largest absolute Gasteiger partial charge is 0.343 e. The first kappa shape index (κ1) is 15.1. The Morgan fingerprint density at radius 1 is 1.26 bits per heavy atom. The summed E-state index contributed by atoms with van der Waals surface area (Å²) in [7, 11) is 0. The Labute approximate surface area is 140 Å². The number of fused-ring (bicyclic) bond motifs is 1. The van der Waals surface area contributed by atoms with Gasteiger partial charge >= 0.3 is 0 Å². The van der Waals surface area contributed by atoms with E-state index in [1.807, 2.05) is 18.2 Å². The van der Waals surface area contributed by atoms with Gasteiger partial charge in [0.2, 0.25) is 5.91 Å². The van der Waals surface area contributed by atoms with Crippen LogP contribution in [0.25, 0.3) is 10.2 Å². The number of benzene rings is 1. The number of hydrogen-bond acceptors (Lipinski definition) is 4. The summed E-state index contributed by atoms with van der Waals surface area (Å²) in [4.78, 5) is 19.2. The minimum absolute atomic E-state index is 0.296. The highest BCUT2D eigenvalue weighted by Gasteiger charge is 2.37. The van der Waals surface area contributed by atoms with Crippen molar-refractivity contribution in [1.82, 2.24) is 15.2 Å². The standard InChI is InChI=1S/C18H23N3OS/c22-17(21-11-8-18(9-12-21)7-10-19-13-18)6-5-16-20-14-3-1-2-4-15(14)23-16/h1-4,19H,5-13H2. The number of para-hydroxylation sites is 1. The minimum atomic E-state index is 0.296. The molecule has 0 atom stereocenters. The lowest BCUT2D eigenvalue weighted by Gasteiger charge is -2.38. The number of aryl methyl sites for hydroxylation is 1. The second-order valence-corrected chi connectivity index (χ2v) is 8.00. The highest BCUT2D eigenvalue weighted by molar-refractivity contribution is 7.18. The first-order chi connectivity index (χ1) is 11.2. The lowest BCUT2D eigenvalue weighted by Crippen LogP contribution is -2.44. The highest BCUT2D eigenvalue weighted by Crippen LogP contribution is 2.37. The van der Waals surface area contributed by atoms with Gasteiger partial charge in [-0.25, -0.2) is 4.98 Å². The van der Waals surface area contributed by atoms with Crippen LogP contribution in [0, 0.1) is 5.41 Å². The lowest BCUT2D eigenvalue weighted by molar-refractivity contribution is -0.133. The molecule has 4 nitrogen and oxygen atoms in total. The van der Waals surface area contributed by atoms with E-state index in [9.17, 15) is 4.79 Å². The second kappa shape index (κ2) is 6.21. The Morgan fingerprint density at radius 2 is 2.09 bits per heavy atom. The van der Waals surface area contributed by atoms with E-state index in [1.165, 1.54) is 11.1 Å². The van der Waals surface area contributed by atoms with E-state index in [1.54, 1.807) is 11.3 Å². The van der Waals surface area contributed by atoms with Crippen molar-refractivity contribution in [2.75, 3.05) is 26.2 Å². The normalized spacial score (nSPS) is 20.4. The van der Waals surface area contributed by atoms with E-state index < -0.39 is 0 Å². The Kier molecular flexibility index (Phi) is 4.07. The number of hydrogen-bond donors (Lipinski definition) is 1. The molecule has 5 heteroatoms. The van der Waals surface area contributed by atoms with E-state index in [0.29, 0.717) is 17.7 Å². The Bertz CT molecular complexity index is 662. The average Bonchev–Trinajstić information content (AvgIpc) is 3.20. The quantitative estimate of drug-likeness (QED) is 0.942. The summed E-state index contributed by atoms with van der Waals surface area (Å²) in [5.41, 5.74) is 1.53. The van der Waals surface area contributed by atoms with Crippen LogP contribution in [0.5, 0.6) is 0 Å². The summed E-state index contributed by atoms with van der Waals surface area (Å²) >= 11 is 1.71. The van der Waals surface area contributed by atoms with Crippen molar-refractivity contribution in [2.24, 2.45) is 5.41 Å². The SMILES string of the molecule is O=C(CCc1nc2ccccc2s1)N1CCC2(CCNC2)CC1. The number of amides is 1. The zero-order chi connectivity index (χ0) is 15.7. The van der Waals surface area contributed by atoms with Gasteiger partial charge in [-0.05, 0) is 43.4 Å². The van der Waals surface area contributed by atoms with Gasteiger partial charge in [-0.2, -0.15) is 0 Å². The maximum absolute atomic E-state index is 12.5. The second-order valence-electron chi connectivity index (χ2n) is 6.88. The molecule has 1 aromatic heterocycles. The number of piperidine rings is 1. The van der Waals surface area contributed by atoms with Gasteiger partial charge in [-0.1, -0.05) is 12.1 Å². The first-order valence-electron chi connectivity index (χ1n) is 8.57.